The molecule has 0 spiro atoms. The molecule has 0 fully saturated rings. The smallest absolute Gasteiger partial charge is 0.307 e. The molecule has 2 unspecified atom stereocenters. The molecule has 26 heavy (non-hydrogen) atoms. The van der Waals surface area contributed by atoms with Crippen molar-refractivity contribution < 1.29 is 24.2 Å². The van der Waals surface area contributed by atoms with Gasteiger partial charge in [0.1, 0.15) is 0 Å². The van der Waals surface area contributed by atoms with E-state index in [1.165, 1.54) is 0 Å². The maximum Gasteiger partial charge on any atom is 0.307 e. The molecule has 0 aliphatic heterocycles. The number of amides is 1. The highest BCUT2D eigenvalue weighted by Crippen LogP contribution is 2.47. The summed E-state index contributed by atoms with van der Waals surface area (Å²) in [5, 5.41) is 9.22. The average Bonchev–Trinajstić information content (AvgIpc) is 2.59. The minimum Gasteiger partial charge on any atom is -0.481 e. The first kappa shape index (κ1) is 19.9. The number of rotatable bonds is 9. The van der Waals surface area contributed by atoms with Crippen LogP contribution in [0.4, 0.5) is 0 Å². The molecule has 0 bridgehead atoms. The van der Waals surface area contributed by atoms with E-state index in [0.717, 1.165) is 11.1 Å². The van der Waals surface area contributed by atoms with Crippen LogP contribution in [0.3, 0.4) is 0 Å². The molecule has 1 amide bonds. The summed E-state index contributed by atoms with van der Waals surface area (Å²) in [6, 6.07) is 16.9. The molecule has 2 rings (SSSR count). The first-order valence-electron chi connectivity index (χ1n) is 8.23. The van der Waals surface area contributed by atoms with Gasteiger partial charge in [-0.05, 0) is 23.1 Å². The fourth-order valence-electron chi connectivity index (χ4n) is 2.78. The van der Waals surface area contributed by atoms with Crippen LogP contribution in [0.5, 0.6) is 0 Å². The van der Waals surface area contributed by atoms with Crippen LogP contribution in [-0.4, -0.2) is 28.0 Å². The minimum absolute atomic E-state index is 0.0424. The van der Waals surface area contributed by atoms with Crippen LogP contribution in [0.2, 0.25) is 0 Å². The molecule has 0 aliphatic carbocycles. The quantitative estimate of drug-likeness (QED) is 0.582. The van der Waals surface area contributed by atoms with Crippen molar-refractivity contribution in [3.63, 3.8) is 0 Å². The number of primary amides is 1. The number of nitrogens with two attached hydrogens (primary N) is 1. The average molecular weight is 375 g/mol. The predicted molar refractivity (Wildman–Crippen MR) is 99.8 cm³/mol. The molecule has 2 aromatic carbocycles. The van der Waals surface area contributed by atoms with Gasteiger partial charge in [0.25, 0.3) is 0 Å². The van der Waals surface area contributed by atoms with E-state index < -0.39 is 25.2 Å². The Labute approximate surface area is 152 Å². The van der Waals surface area contributed by atoms with E-state index in [9.17, 15) is 24.2 Å². The van der Waals surface area contributed by atoms with E-state index in [0.29, 0.717) is 5.56 Å². The Morgan fingerprint density at radius 3 is 2.31 bits per heavy atom. The maximum atomic E-state index is 12.6. The normalized spacial score (nSPS) is 14.3. The van der Waals surface area contributed by atoms with Gasteiger partial charge in [-0.15, -0.1) is 0 Å². The second-order valence-corrected chi connectivity index (χ2v) is 8.67. The summed E-state index contributed by atoms with van der Waals surface area (Å²) in [4.78, 5) is 32.4. The molecule has 4 N–H and O–H groups in total. The number of carboxylic acids is 1. The van der Waals surface area contributed by atoms with Crippen molar-refractivity contribution in [3.8, 4) is 11.1 Å². The van der Waals surface area contributed by atoms with Crippen LogP contribution in [0.15, 0.2) is 54.6 Å². The highest BCUT2D eigenvalue weighted by molar-refractivity contribution is 7.57. The second kappa shape index (κ2) is 8.79. The van der Waals surface area contributed by atoms with Gasteiger partial charge in [-0.25, -0.2) is 0 Å². The van der Waals surface area contributed by atoms with Crippen LogP contribution in [0, 0.1) is 5.92 Å². The molecule has 0 saturated carbocycles. The molecule has 2 atom stereocenters. The maximum absolute atomic E-state index is 12.6. The third kappa shape index (κ3) is 6.14. The van der Waals surface area contributed by atoms with E-state index in [2.05, 4.69) is 0 Å². The molecule has 0 aromatic heterocycles. The monoisotopic (exact) mass is 375 g/mol. The summed E-state index contributed by atoms with van der Waals surface area (Å²) in [7, 11) is -3.73. The van der Waals surface area contributed by atoms with Crippen LogP contribution in [0.1, 0.15) is 18.4 Å². The van der Waals surface area contributed by atoms with Gasteiger partial charge < -0.3 is 15.7 Å². The standard InChI is InChI=1S/C19H22NO5P/c20-18(21)10-9-17(19(22)23)13-26(24,25)12-14-5-4-8-16(11-14)15-6-2-1-3-7-15/h1-8,11,17H,9-10,12-13H2,(H2,20,21)(H,22,23)(H,24,25). The van der Waals surface area contributed by atoms with Crippen molar-refractivity contribution >= 4 is 19.2 Å². The Bertz CT molecular complexity index is 822. The topological polar surface area (TPSA) is 118 Å². The third-order valence-electron chi connectivity index (χ3n) is 4.06. The Kier molecular flexibility index (Phi) is 6.72. The van der Waals surface area contributed by atoms with E-state index in [1.54, 1.807) is 12.1 Å². The Hall–Kier alpha value is -2.43. The zero-order valence-corrected chi connectivity index (χ0v) is 15.1. The van der Waals surface area contributed by atoms with Crippen molar-refractivity contribution in [2.45, 2.75) is 19.0 Å². The fourth-order valence-corrected chi connectivity index (χ4v) is 4.71. The van der Waals surface area contributed by atoms with Crippen molar-refractivity contribution in [2.75, 3.05) is 6.16 Å². The first-order chi connectivity index (χ1) is 12.3. The predicted octanol–water partition coefficient (Wildman–Crippen LogP) is 3.09. The van der Waals surface area contributed by atoms with Gasteiger partial charge in [0.2, 0.25) is 13.3 Å². The van der Waals surface area contributed by atoms with Crippen LogP contribution in [-0.2, 0) is 20.3 Å². The Balaban J connectivity index is 2.11. The van der Waals surface area contributed by atoms with Gasteiger partial charge >= 0.3 is 5.97 Å². The molecule has 7 heteroatoms. The van der Waals surface area contributed by atoms with Crippen LogP contribution >= 0.6 is 7.37 Å². The number of hydrogen-bond acceptors (Lipinski definition) is 3. The van der Waals surface area contributed by atoms with Gasteiger partial charge in [0.05, 0.1) is 5.92 Å². The SMILES string of the molecule is NC(=O)CCC(CP(=O)(O)Cc1cccc(-c2ccccc2)c1)C(=O)O. The Morgan fingerprint density at radius 2 is 1.69 bits per heavy atom. The molecule has 0 saturated heterocycles. The minimum atomic E-state index is -3.73. The second-order valence-electron chi connectivity index (χ2n) is 6.29. The number of carbonyl (C=O) groups is 2. The summed E-state index contributed by atoms with van der Waals surface area (Å²) in [5.41, 5.74) is 7.62. The van der Waals surface area contributed by atoms with E-state index in [-0.39, 0.29) is 25.2 Å². The van der Waals surface area contributed by atoms with Crippen molar-refractivity contribution in [2.24, 2.45) is 11.7 Å². The zero-order valence-electron chi connectivity index (χ0n) is 14.2. The van der Waals surface area contributed by atoms with E-state index >= 15 is 0 Å². The summed E-state index contributed by atoms with van der Waals surface area (Å²) in [6.07, 6.45) is -0.668. The number of carbonyl (C=O) groups excluding carboxylic acids is 1. The number of benzene rings is 2. The molecular weight excluding hydrogens is 353 g/mol. The van der Waals surface area contributed by atoms with Crippen molar-refractivity contribution in [1.29, 1.82) is 0 Å². The lowest BCUT2D eigenvalue weighted by atomic mass is 10.0. The fraction of sp³-hybridized carbons (Fsp3) is 0.263. The van der Waals surface area contributed by atoms with Crippen molar-refractivity contribution in [3.05, 3.63) is 60.2 Å². The third-order valence-corrected chi connectivity index (χ3v) is 5.93. The van der Waals surface area contributed by atoms with Gasteiger partial charge in [-0.1, -0.05) is 54.6 Å². The molecule has 0 aliphatic rings. The largest absolute Gasteiger partial charge is 0.481 e. The number of aliphatic carboxylic acids is 1. The molecule has 2 aromatic rings. The summed E-state index contributed by atoms with van der Waals surface area (Å²) < 4.78 is 12.6. The highest BCUT2D eigenvalue weighted by atomic mass is 31.2. The lowest BCUT2D eigenvalue weighted by Gasteiger charge is -2.17. The summed E-state index contributed by atoms with van der Waals surface area (Å²) >= 11 is 0. The molecule has 0 radical (unpaired) electrons. The molecule has 138 valence electrons. The molecular formula is C19H22NO5P. The van der Waals surface area contributed by atoms with Gasteiger partial charge in [0.15, 0.2) is 0 Å². The van der Waals surface area contributed by atoms with Crippen LogP contribution < -0.4 is 5.73 Å². The molecule has 0 heterocycles. The van der Waals surface area contributed by atoms with Gasteiger partial charge in [0, 0.05) is 18.7 Å². The van der Waals surface area contributed by atoms with E-state index in [4.69, 9.17) is 5.73 Å². The molecule has 6 nitrogen and oxygen atoms in total. The number of carboxylic acid groups (broad SMARTS) is 1. The number of hydrogen-bond donors (Lipinski definition) is 3. The lowest BCUT2D eigenvalue weighted by molar-refractivity contribution is -0.141. The first-order valence-corrected chi connectivity index (χ1v) is 10.3. The zero-order chi connectivity index (χ0) is 19.2. The Morgan fingerprint density at radius 1 is 1.04 bits per heavy atom. The highest BCUT2D eigenvalue weighted by Gasteiger charge is 2.29. The van der Waals surface area contributed by atoms with E-state index in [1.807, 2.05) is 42.5 Å². The van der Waals surface area contributed by atoms with Crippen molar-refractivity contribution in [1.82, 2.24) is 0 Å². The lowest BCUT2D eigenvalue weighted by Crippen LogP contribution is -2.21. The van der Waals surface area contributed by atoms with Gasteiger partial charge in [-0.3, -0.25) is 14.2 Å². The van der Waals surface area contributed by atoms with Gasteiger partial charge in [-0.2, -0.15) is 0 Å². The summed E-state index contributed by atoms with van der Waals surface area (Å²) in [6.45, 7) is 0. The van der Waals surface area contributed by atoms with Crippen LogP contribution in [0.25, 0.3) is 11.1 Å². The summed E-state index contributed by atoms with van der Waals surface area (Å²) in [5.74, 6) is -2.89.